The smallest absolute Gasteiger partial charge is 0.201 e. The molecule has 0 aromatic heterocycles. The molecule has 35 heavy (non-hydrogen) atoms. The van der Waals surface area contributed by atoms with Gasteiger partial charge in [0.1, 0.15) is 0 Å². The molecule has 1 nitrogen and oxygen atoms in total. The van der Waals surface area contributed by atoms with Crippen molar-refractivity contribution in [3.05, 3.63) is 77.9 Å². The lowest BCUT2D eigenvalue weighted by atomic mass is 9.93. The average molecular weight is 493 g/mol. The van der Waals surface area contributed by atoms with Crippen LogP contribution in [0.15, 0.2) is 60.7 Å². The van der Waals surface area contributed by atoms with Gasteiger partial charge in [-0.1, -0.05) is 99.8 Å². The molecule has 0 bridgehead atoms. The highest BCUT2D eigenvalue weighted by molar-refractivity contribution is 6.58. The zero-order valence-corrected chi connectivity index (χ0v) is 22.3. The van der Waals surface area contributed by atoms with Gasteiger partial charge in [0.25, 0.3) is 0 Å². The summed E-state index contributed by atoms with van der Waals surface area (Å²) >= 11 is 0. The van der Waals surface area contributed by atoms with Crippen molar-refractivity contribution in [3.63, 3.8) is 0 Å². The van der Waals surface area contributed by atoms with E-state index in [0.29, 0.717) is 12.2 Å². The third kappa shape index (κ3) is 6.61. The summed E-state index contributed by atoms with van der Waals surface area (Å²) in [6, 6.07) is 24.2. The average Bonchev–Trinajstić information content (AvgIpc) is 2.90. The number of aryl methyl sites for hydroxylation is 1. The number of halogens is 2. The lowest BCUT2D eigenvalue weighted by Crippen LogP contribution is -2.21. The van der Waals surface area contributed by atoms with Crippen LogP contribution in [0.2, 0.25) is 18.1 Å². The Kier molecular flexibility index (Phi) is 9.14. The van der Waals surface area contributed by atoms with E-state index in [-0.39, 0.29) is 20.1 Å². The molecule has 0 spiro atoms. The molecule has 3 aromatic rings. The van der Waals surface area contributed by atoms with Crippen LogP contribution in [-0.2, 0) is 6.42 Å². The monoisotopic (exact) mass is 492 g/mol. The Morgan fingerprint density at radius 1 is 0.771 bits per heavy atom. The molecule has 1 fully saturated rings. The van der Waals surface area contributed by atoms with E-state index in [9.17, 15) is 8.78 Å². The Labute approximate surface area is 211 Å². The third-order valence-electron chi connectivity index (χ3n) is 7.50. The molecule has 0 N–H and O–H groups in total. The van der Waals surface area contributed by atoms with Crippen molar-refractivity contribution >= 4 is 8.80 Å². The van der Waals surface area contributed by atoms with Crippen LogP contribution in [0.3, 0.4) is 0 Å². The van der Waals surface area contributed by atoms with E-state index in [1.54, 1.807) is 24.2 Å². The first-order valence-electron chi connectivity index (χ1n) is 13.4. The molecular formula is C31H38F2OSi. The number of ether oxygens (including phenoxy) is 1. The number of benzene rings is 3. The van der Waals surface area contributed by atoms with E-state index in [1.807, 2.05) is 31.2 Å². The Morgan fingerprint density at radius 2 is 1.40 bits per heavy atom. The maximum atomic E-state index is 14.7. The summed E-state index contributed by atoms with van der Waals surface area (Å²) in [5.41, 5.74) is 4.52. The van der Waals surface area contributed by atoms with Gasteiger partial charge in [-0.15, -0.1) is 0 Å². The predicted octanol–water partition coefficient (Wildman–Crippen LogP) is 9.07. The van der Waals surface area contributed by atoms with Gasteiger partial charge in [-0.2, -0.15) is 4.39 Å². The van der Waals surface area contributed by atoms with Crippen LogP contribution in [0, 0.1) is 17.6 Å². The second-order valence-electron chi connectivity index (χ2n) is 10.1. The Bertz CT molecular complexity index is 1070. The zero-order chi connectivity index (χ0) is 24.6. The van der Waals surface area contributed by atoms with Crippen LogP contribution in [0.1, 0.15) is 51.5 Å². The minimum atomic E-state index is -0.924. The SMILES string of the molecule is CCCOc1ccc(-c2ccc(-c3ccc(CCC4CC[SiH](CCC)CC4)cc3)cc2)c(F)c1F. The van der Waals surface area contributed by atoms with Crippen LogP contribution in [0.5, 0.6) is 5.75 Å². The Balaban J connectivity index is 1.35. The van der Waals surface area contributed by atoms with E-state index in [0.717, 1.165) is 29.9 Å². The number of hydrogen-bond acceptors (Lipinski definition) is 1. The fourth-order valence-corrected chi connectivity index (χ4v) is 8.94. The molecule has 4 heteroatoms. The van der Waals surface area contributed by atoms with Gasteiger partial charge in [0.05, 0.1) is 6.61 Å². The van der Waals surface area contributed by atoms with Crippen LogP contribution in [0.25, 0.3) is 22.3 Å². The van der Waals surface area contributed by atoms with Gasteiger partial charge in [-0.05, 0) is 59.6 Å². The molecule has 0 aliphatic carbocycles. The highest BCUT2D eigenvalue weighted by Gasteiger charge is 2.21. The standard InChI is InChI=1S/C31H38F2OSi/c1-3-19-34-29-16-15-28(30(32)31(29)33)27-13-11-26(12-14-27)25-9-7-23(8-10-25)5-6-24-17-21-35(20-4-2)22-18-24/h7-16,24,35H,3-6,17-22H2,1-2H3. The summed E-state index contributed by atoms with van der Waals surface area (Å²) in [6.45, 7) is 4.63. The van der Waals surface area contributed by atoms with Crippen molar-refractivity contribution in [2.24, 2.45) is 5.92 Å². The van der Waals surface area contributed by atoms with Crippen molar-refractivity contribution < 1.29 is 13.5 Å². The summed E-state index contributed by atoms with van der Waals surface area (Å²) in [5.74, 6) is -0.903. The van der Waals surface area contributed by atoms with Gasteiger partial charge >= 0.3 is 0 Å². The van der Waals surface area contributed by atoms with Crippen molar-refractivity contribution in [2.75, 3.05) is 6.61 Å². The van der Waals surface area contributed by atoms with Gasteiger partial charge in [-0.3, -0.25) is 0 Å². The van der Waals surface area contributed by atoms with Crippen LogP contribution < -0.4 is 4.74 Å². The molecule has 1 heterocycles. The Morgan fingerprint density at radius 3 is 2.03 bits per heavy atom. The number of hydrogen-bond donors (Lipinski definition) is 0. The molecule has 0 saturated carbocycles. The molecule has 4 rings (SSSR count). The first-order chi connectivity index (χ1) is 17.1. The highest BCUT2D eigenvalue weighted by Crippen LogP contribution is 2.33. The van der Waals surface area contributed by atoms with Crippen LogP contribution in [-0.4, -0.2) is 15.4 Å². The third-order valence-corrected chi connectivity index (χ3v) is 11.2. The fourth-order valence-electron chi connectivity index (χ4n) is 5.37. The minimum Gasteiger partial charge on any atom is -0.490 e. The van der Waals surface area contributed by atoms with Crippen LogP contribution in [0.4, 0.5) is 8.78 Å². The van der Waals surface area contributed by atoms with E-state index in [1.165, 1.54) is 37.3 Å². The summed E-state index contributed by atoms with van der Waals surface area (Å²) in [5, 5.41) is 0. The van der Waals surface area contributed by atoms with Gasteiger partial charge in [0.2, 0.25) is 5.82 Å². The molecule has 0 atom stereocenters. The van der Waals surface area contributed by atoms with Gasteiger partial charge in [-0.25, -0.2) is 4.39 Å². The molecular weight excluding hydrogens is 454 g/mol. The van der Waals surface area contributed by atoms with E-state index in [2.05, 4.69) is 31.2 Å². The van der Waals surface area contributed by atoms with Gasteiger partial charge < -0.3 is 4.74 Å². The molecule has 3 aromatic carbocycles. The maximum Gasteiger partial charge on any atom is 0.201 e. The largest absolute Gasteiger partial charge is 0.490 e. The molecule has 186 valence electrons. The lowest BCUT2D eigenvalue weighted by molar-refractivity contribution is 0.295. The van der Waals surface area contributed by atoms with Crippen LogP contribution >= 0.6 is 0 Å². The minimum absolute atomic E-state index is 0.0316. The first kappa shape index (κ1) is 25.6. The van der Waals surface area contributed by atoms with E-state index >= 15 is 0 Å². The second kappa shape index (κ2) is 12.5. The maximum absolute atomic E-state index is 14.7. The summed E-state index contributed by atoms with van der Waals surface area (Å²) in [7, 11) is -0.386. The predicted molar refractivity (Wildman–Crippen MR) is 146 cm³/mol. The Hall–Kier alpha value is -2.46. The summed E-state index contributed by atoms with van der Waals surface area (Å²) < 4.78 is 34.3. The van der Waals surface area contributed by atoms with Gasteiger partial charge in [0, 0.05) is 14.4 Å². The van der Waals surface area contributed by atoms with E-state index < -0.39 is 11.6 Å². The highest BCUT2D eigenvalue weighted by atomic mass is 28.3. The molecule has 1 aliphatic heterocycles. The fraction of sp³-hybridized carbons (Fsp3) is 0.419. The summed E-state index contributed by atoms with van der Waals surface area (Å²) in [6.07, 6.45) is 7.51. The quantitative estimate of drug-likeness (QED) is 0.256. The van der Waals surface area contributed by atoms with Crippen molar-refractivity contribution in [1.82, 2.24) is 0 Å². The zero-order valence-electron chi connectivity index (χ0n) is 21.2. The molecule has 1 saturated heterocycles. The van der Waals surface area contributed by atoms with Crippen molar-refractivity contribution in [3.8, 4) is 28.0 Å². The normalized spacial score (nSPS) is 17.9. The topological polar surface area (TPSA) is 9.23 Å². The molecule has 1 aliphatic rings. The van der Waals surface area contributed by atoms with Gasteiger partial charge in [0.15, 0.2) is 11.6 Å². The second-order valence-corrected chi connectivity index (χ2v) is 13.5. The molecule has 0 unspecified atom stereocenters. The molecule has 0 amide bonds. The lowest BCUT2D eigenvalue weighted by Gasteiger charge is -2.27. The van der Waals surface area contributed by atoms with E-state index in [4.69, 9.17) is 4.74 Å². The number of rotatable bonds is 10. The van der Waals surface area contributed by atoms with Crippen molar-refractivity contribution in [1.29, 1.82) is 0 Å². The first-order valence-corrected chi connectivity index (χ1v) is 15.8. The summed E-state index contributed by atoms with van der Waals surface area (Å²) in [4.78, 5) is 0. The molecule has 0 radical (unpaired) electrons. The van der Waals surface area contributed by atoms with Crippen molar-refractivity contribution in [2.45, 2.75) is 70.5 Å².